The van der Waals surface area contributed by atoms with Crippen molar-refractivity contribution in [3.05, 3.63) is 46.3 Å². The molecule has 7 nitrogen and oxygen atoms in total. The van der Waals surface area contributed by atoms with E-state index >= 15 is 0 Å². The quantitative estimate of drug-likeness (QED) is 0.345. The lowest BCUT2D eigenvalue weighted by molar-refractivity contribution is -0.141. The number of alkyl halides is 3. The van der Waals surface area contributed by atoms with Gasteiger partial charge in [0.15, 0.2) is 11.5 Å². The van der Waals surface area contributed by atoms with Crippen LogP contribution in [0.5, 0.6) is 0 Å². The number of halogens is 4. The molecule has 5 aromatic heterocycles. The van der Waals surface area contributed by atoms with E-state index in [0.717, 1.165) is 21.9 Å². The third-order valence-corrected chi connectivity index (χ3v) is 6.32. The Bertz CT molecular complexity index is 1420. The minimum atomic E-state index is -4.51. The molecule has 0 aliphatic heterocycles. The molecule has 0 bridgehead atoms. The highest BCUT2D eigenvalue weighted by atomic mass is 79.9. The van der Waals surface area contributed by atoms with Crippen LogP contribution in [0.2, 0.25) is 0 Å². The second kappa shape index (κ2) is 6.71. The number of aromatic nitrogens is 7. The normalized spacial score (nSPS) is 13.7. The predicted molar refractivity (Wildman–Crippen MR) is 110 cm³/mol. The van der Waals surface area contributed by atoms with Gasteiger partial charge in [-0.25, -0.2) is 19.5 Å². The van der Waals surface area contributed by atoms with E-state index in [9.17, 15) is 13.2 Å². The minimum absolute atomic E-state index is 0.183. The molecule has 12 heteroatoms. The van der Waals surface area contributed by atoms with Gasteiger partial charge < -0.3 is 0 Å². The van der Waals surface area contributed by atoms with Crippen molar-refractivity contribution in [2.24, 2.45) is 0 Å². The van der Waals surface area contributed by atoms with Gasteiger partial charge in [-0.3, -0.25) is 4.68 Å². The molecular weight excluding hydrogens is 483 g/mol. The van der Waals surface area contributed by atoms with Crippen molar-refractivity contribution in [1.29, 1.82) is 0 Å². The smallest absolute Gasteiger partial charge is 0.261 e. The molecule has 0 amide bonds. The number of thiophene rings is 1. The molecule has 0 aromatic carbocycles. The van der Waals surface area contributed by atoms with Crippen molar-refractivity contribution in [3.63, 3.8) is 0 Å². The SMILES string of the molecule is CCC(c1nc2c3sc4nc(C(F)(F)F)cc(C)c4c3ncn2n1)n1cc(Br)cn1. The van der Waals surface area contributed by atoms with Crippen LogP contribution in [-0.4, -0.2) is 34.3 Å². The molecule has 5 aromatic rings. The summed E-state index contributed by atoms with van der Waals surface area (Å²) in [4.78, 5) is 13.3. The second-order valence-corrected chi connectivity index (χ2v) is 8.74. The van der Waals surface area contributed by atoms with Crippen LogP contribution in [0.1, 0.15) is 36.5 Å². The fraction of sp³-hybridized carbons (Fsp3) is 0.278. The lowest BCUT2D eigenvalue weighted by Gasteiger charge is -2.10. The number of fused-ring (bicyclic) bond motifs is 5. The van der Waals surface area contributed by atoms with Gasteiger partial charge in [0.25, 0.3) is 0 Å². The summed E-state index contributed by atoms with van der Waals surface area (Å²) in [5.74, 6) is 0.556. The van der Waals surface area contributed by atoms with E-state index in [1.807, 2.05) is 13.1 Å². The summed E-state index contributed by atoms with van der Waals surface area (Å²) in [6.07, 6.45) is 1.27. The molecule has 0 saturated heterocycles. The highest BCUT2D eigenvalue weighted by Crippen LogP contribution is 2.38. The fourth-order valence-corrected chi connectivity index (χ4v) is 4.97. The Hall–Kier alpha value is -2.60. The van der Waals surface area contributed by atoms with Gasteiger partial charge >= 0.3 is 6.18 Å². The first-order chi connectivity index (χ1) is 14.3. The molecule has 1 unspecified atom stereocenters. The summed E-state index contributed by atoms with van der Waals surface area (Å²) >= 11 is 4.53. The van der Waals surface area contributed by atoms with Gasteiger partial charge in [0.1, 0.15) is 27.6 Å². The molecule has 0 spiro atoms. The highest BCUT2D eigenvalue weighted by Gasteiger charge is 2.34. The molecule has 0 saturated carbocycles. The van der Waals surface area contributed by atoms with E-state index in [4.69, 9.17) is 0 Å². The Balaban J connectivity index is 1.73. The van der Waals surface area contributed by atoms with Crippen LogP contribution in [-0.2, 0) is 6.18 Å². The van der Waals surface area contributed by atoms with Gasteiger partial charge in [-0.1, -0.05) is 6.92 Å². The Morgan fingerprint density at radius 1 is 1.27 bits per heavy atom. The average molecular weight is 496 g/mol. The van der Waals surface area contributed by atoms with Gasteiger partial charge in [-0.05, 0) is 40.9 Å². The van der Waals surface area contributed by atoms with E-state index in [1.165, 1.54) is 6.33 Å². The van der Waals surface area contributed by atoms with E-state index in [1.54, 1.807) is 22.3 Å². The van der Waals surface area contributed by atoms with Crippen LogP contribution in [0.25, 0.3) is 26.1 Å². The van der Waals surface area contributed by atoms with E-state index in [-0.39, 0.29) is 10.9 Å². The van der Waals surface area contributed by atoms with Crippen molar-refractivity contribution < 1.29 is 13.2 Å². The van der Waals surface area contributed by atoms with Gasteiger partial charge in [0, 0.05) is 11.6 Å². The number of aryl methyl sites for hydroxylation is 1. The molecule has 0 radical (unpaired) electrons. The Morgan fingerprint density at radius 2 is 2.07 bits per heavy atom. The van der Waals surface area contributed by atoms with Crippen LogP contribution < -0.4 is 0 Å². The van der Waals surface area contributed by atoms with Crippen LogP contribution in [0.3, 0.4) is 0 Å². The summed E-state index contributed by atoms with van der Waals surface area (Å²) < 4.78 is 44.4. The van der Waals surface area contributed by atoms with Crippen LogP contribution >= 0.6 is 27.3 Å². The Labute approximate surface area is 179 Å². The largest absolute Gasteiger partial charge is 0.433 e. The molecule has 0 aliphatic rings. The Morgan fingerprint density at radius 3 is 2.73 bits per heavy atom. The lowest BCUT2D eigenvalue weighted by Crippen LogP contribution is -2.12. The maximum Gasteiger partial charge on any atom is 0.433 e. The van der Waals surface area contributed by atoms with E-state index in [0.29, 0.717) is 39.1 Å². The van der Waals surface area contributed by atoms with Crippen molar-refractivity contribution in [1.82, 2.24) is 34.3 Å². The lowest BCUT2D eigenvalue weighted by atomic mass is 10.1. The van der Waals surface area contributed by atoms with Crippen molar-refractivity contribution in [2.45, 2.75) is 32.5 Å². The van der Waals surface area contributed by atoms with Crippen molar-refractivity contribution in [3.8, 4) is 0 Å². The molecular formula is C18H13BrF3N7S. The standard InChI is InChI=1S/C18H13BrF3N7S/c1-3-10(28-6-9(19)5-24-28)15-26-16-14-13(23-7-29(16)27-15)12-8(2)4-11(18(20,21)22)25-17(12)30-14/h4-7,10H,3H2,1-2H3. The van der Waals surface area contributed by atoms with Gasteiger partial charge in [-0.2, -0.15) is 18.3 Å². The topological polar surface area (TPSA) is 73.8 Å². The fourth-order valence-electron chi connectivity index (χ4n) is 3.49. The number of pyridine rings is 1. The maximum atomic E-state index is 13.2. The molecule has 0 fully saturated rings. The zero-order valence-electron chi connectivity index (χ0n) is 15.6. The van der Waals surface area contributed by atoms with Crippen LogP contribution in [0.4, 0.5) is 13.2 Å². The molecule has 5 rings (SSSR count). The number of hydrogen-bond acceptors (Lipinski definition) is 6. The van der Waals surface area contributed by atoms with Crippen LogP contribution in [0.15, 0.2) is 29.3 Å². The summed E-state index contributed by atoms with van der Waals surface area (Å²) in [6.45, 7) is 3.64. The summed E-state index contributed by atoms with van der Waals surface area (Å²) in [5, 5.41) is 9.48. The zero-order chi connectivity index (χ0) is 21.2. The summed E-state index contributed by atoms with van der Waals surface area (Å²) in [6, 6.07) is 0.871. The molecule has 0 N–H and O–H groups in total. The van der Waals surface area contributed by atoms with Crippen LogP contribution in [0, 0.1) is 6.92 Å². The highest BCUT2D eigenvalue weighted by molar-refractivity contribution is 9.10. The monoisotopic (exact) mass is 495 g/mol. The van der Waals surface area contributed by atoms with Gasteiger partial charge in [-0.15, -0.1) is 16.4 Å². The van der Waals surface area contributed by atoms with Crippen molar-refractivity contribution in [2.75, 3.05) is 0 Å². The minimum Gasteiger partial charge on any atom is -0.261 e. The predicted octanol–water partition coefficient (Wildman–Crippen LogP) is 5.17. The van der Waals surface area contributed by atoms with Gasteiger partial charge in [0.05, 0.1) is 16.2 Å². The molecule has 5 heterocycles. The maximum absolute atomic E-state index is 13.2. The summed E-state index contributed by atoms with van der Waals surface area (Å²) in [7, 11) is 0. The number of rotatable bonds is 3. The third-order valence-electron chi connectivity index (χ3n) is 4.85. The van der Waals surface area contributed by atoms with Crippen molar-refractivity contribution >= 4 is 53.3 Å². The summed E-state index contributed by atoms with van der Waals surface area (Å²) in [5.41, 5.74) is 0.682. The first kappa shape index (κ1) is 19.4. The first-order valence-corrected chi connectivity index (χ1v) is 10.6. The molecule has 154 valence electrons. The van der Waals surface area contributed by atoms with Gasteiger partial charge in [0.2, 0.25) is 0 Å². The molecule has 1 atom stereocenters. The average Bonchev–Trinajstić information content (AvgIpc) is 3.37. The molecule has 30 heavy (non-hydrogen) atoms. The molecule has 0 aliphatic carbocycles. The van der Waals surface area contributed by atoms with E-state index < -0.39 is 11.9 Å². The Kier molecular flexibility index (Phi) is 4.33. The second-order valence-electron chi connectivity index (χ2n) is 6.83. The number of nitrogens with zero attached hydrogens (tertiary/aromatic N) is 7. The number of hydrogen-bond donors (Lipinski definition) is 0. The first-order valence-electron chi connectivity index (χ1n) is 8.98. The third kappa shape index (κ3) is 2.97. The zero-order valence-corrected chi connectivity index (χ0v) is 18.0. The van der Waals surface area contributed by atoms with E-state index in [2.05, 4.69) is 41.1 Å².